The number of nitrogens with zero attached hydrogens (tertiary/aromatic N) is 1. The van der Waals surface area contributed by atoms with Crippen molar-refractivity contribution in [3.8, 4) is 0 Å². The third-order valence-corrected chi connectivity index (χ3v) is 5.02. The SMILES string of the molecule is CCC(C)(OC)C(=O)N1CCCC(S(N)(=O)=O)C1. The van der Waals surface area contributed by atoms with Crippen molar-refractivity contribution in [2.24, 2.45) is 5.14 Å². The average Bonchev–Trinajstić information content (AvgIpc) is 2.36. The number of carbonyl (C=O) groups is 1. The van der Waals surface area contributed by atoms with E-state index in [1.165, 1.54) is 7.11 Å². The van der Waals surface area contributed by atoms with Gasteiger partial charge in [0.05, 0.1) is 5.25 Å². The summed E-state index contributed by atoms with van der Waals surface area (Å²) in [4.78, 5) is 13.9. The van der Waals surface area contributed by atoms with Crippen LogP contribution in [0.2, 0.25) is 0 Å². The van der Waals surface area contributed by atoms with E-state index >= 15 is 0 Å². The third-order valence-electron chi connectivity index (χ3n) is 3.71. The van der Waals surface area contributed by atoms with Crippen molar-refractivity contribution in [2.45, 2.75) is 44.0 Å². The number of amides is 1. The number of hydrogen-bond acceptors (Lipinski definition) is 4. The standard InChI is InChI=1S/C11H22N2O4S/c1-4-11(2,17-3)10(14)13-7-5-6-9(8-13)18(12,15)16/h9H,4-8H2,1-3H3,(H2,12,15,16). The van der Waals surface area contributed by atoms with Crippen LogP contribution in [-0.2, 0) is 19.6 Å². The number of nitrogens with two attached hydrogens (primary N) is 1. The fraction of sp³-hybridized carbons (Fsp3) is 0.909. The molecular formula is C11H22N2O4S. The molecule has 0 aliphatic carbocycles. The number of carbonyl (C=O) groups excluding carboxylic acids is 1. The first kappa shape index (κ1) is 15.4. The summed E-state index contributed by atoms with van der Waals surface area (Å²) in [6.07, 6.45) is 1.70. The van der Waals surface area contributed by atoms with Crippen LogP contribution in [-0.4, -0.2) is 50.3 Å². The molecule has 0 saturated carbocycles. The molecule has 18 heavy (non-hydrogen) atoms. The van der Waals surface area contributed by atoms with Gasteiger partial charge in [0, 0.05) is 20.2 Å². The van der Waals surface area contributed by atoms with Crippen LogP contribution in [0.1, 0.15) is 33.1 Å². The van der Waals surface area contributed by atoms with Gasteiger partial charge in [-0.05, 0) is 26.2 Å². The van der Waals surface area contributed by atoms with Gasteiger partial charge in [0.25, 0.3) is 5.91 Å². The molecule has 1 saturated heterocycles. The monoisotopic (exact) mass is 278 g/mol. The minimum absolute atomic E-state index is 0.163. The summed E-state index contributed by atoms with van der Waals surface area (Å²) in [6.45, 7) is 4.30. The Morgan fingerprint density at radius 1 is 1.56 bits per heavy atom. The first-order chi connectivity index (χ1) is 8.24. The molecule has 2 N–H and O–H groups in total. The van der Waals surface area contributed by atoms with Gasteiger partial charge in [-0.25, -0.2) is 13.6 Å². The lowest BCUT2D eigenvalue weighted by Crippen LogP contribution is -2.54. The Labute approximate surface area is 109 Å². The molecule has 0 aromatic rings. The Morgan fingerprint density at radius 2 is 2.17 bits per heavy atom. The van der Waals surface area contributed by atoms with Gasteiger partial charge in [0.1, 0.15) is 5.60 Å². The van der Waals surface area contributed by atoms with Crippen LogP contribution in [0.15, 0.2) is 0 Å². The van der Waals surface area contributed by atoms with Crippen molar-refractivity contribution in [1.82, 2.24) is 4.90 Å². The minimum Gasteiger partial charge on any atom is -0.369 e. The number of primary sulfonamides is 1. The molecule has 2 unspecified atom stereocenters. The molecule has 1 aliphatic heterocycles. The highest BCUT2D eigenvalue weighted by molar-refractivity contribution is 7.89. The number of hydrogen-bond donors (Lipinski definition) is 1. The molecule has 0 aromatic heterocycles. The number of rotatable bonds is 4. The van der Waals surface area contributed by atoms with Crippen molar-refractivity contribution < 1.29 is 17.9 Å². The highest BCUT2D eigenvalue weighted by Gasteiger charge is 2.38. The first-order valence-corrected chi connectivity index (χ1v) is 7.71. The van der Waals surface area contributed by atoms with Gasteiger partial charge in [-0.3, -0.25) is 4.79 Å². The Balaban J connectivity index is 2.82. The van der Waals surface area contributed by atoms with Gasteiger partial charge < -0.3 is 9.64 Å². The van der Waals surface area contributed by atoms with Crippen LogP contribution in [0.4, 0.5) is 0 Å². The van der Waals surface area contributed by atoms with Gasteiger partial charge in [-0.1, -0.05) is 6.92 Å². The van der Waals surface area contributed by atoms with Gasteiger partial charge in [-0.15, -0.1) is 0 Å². The zero-order valence-electron chi connectivity index (χ0n) is 11.2. The summed E-state index contributed by atoms with van der Waals surface area (Å²) >= 11 is 0. The quantitative estimate of drug-likeness (QED) is 0.788. The molecule has 1 aliphatic rings. The summed E-state index contributed by atoms with van der Waals surface area (Å²) in [5.41, 5.74) is -0.889. The maximum Gasteiger partial charge on any atom is 0.254 e. The topological polar surface area (TPSA) is 89.7 Å². The second-order valence-corrected chi connectivity index (χ2v) is 6.74. The molecule has 6 nitrogen and oxygen atoms in total. The molecule has 0 radical (unpaired) electrons. The van der Waals surface area contributed by atoms with Crippen molar-refractivity contribution in [2.75, 3.05) is 20.2 Å². The third kappa shape index (κ3) is 3.21. The zero-order valence-corrected chi connectivity index (χ0v) is 12.0. The molecule has 1 rings (SSSR count). The molecule has 0 spiro atoms. The molecule has 1 amide bonds. The summed E-state index contributed by atoms with van der Waals surface area (Å²) in [7, 11) is -2.10. The molecule has 0 aromatic carbocycles. The molecule has 7 heteroatoms. The highest BCUT2D eigenvalue weighted by atomic mass is 32.2. The lowest BCUT2D eigenvalue weighted by atomic mass is 9.99. The van der Waals surface area contributed by atoms with E-state index in [9.17, 15) is 13.2 Å². The van der Waals surface area contributed by atoms with Gasteiger partial charge in [0.2, 0.25) is 10.0 Å². The second kappa shape index (κ2) is 5.54. The molecule has 2 atom stereocenters. The smallest absolute Gasteiger partial charge is 0.254 e. The van der Waals surface area contributed by atoms with E-state index in [0.717, 1.165) is 0 Å². The van der Waals surface area contributed by atoms with Crippen molar-refractivity contribution in [1.29, 1.82) is 0 Å². The van der Waals surface area contributed by atoms with Crippen LogP contribution >= 0.6 is 0 Å². The van der Waals surface area contributed by atoms with Crippen LogP contribution < -0.4 is 5.14 Å². The number of sulfonamides is 1. The molecule has 1 heterocycles. The summed E-state index contributed by atoms with van der Waals surface area (Å²) in [6, 6.07) is 0. The average molecular weight is 278 g/mol. The normalized spacial score (nSPS) is 24.7. The zero-order chi connectivity index (χ0) is 14.0. The van der Waals surface area contributed by atoms with Crippen molar-refractivity contribution in [3.63, 3.8) is 0 Å². The lowest BCUT2D eigenvalue weighted by Gasteiger charge is -2.37. The van der Waals surface area contributed by atoms with E-state index in [1.54, 1.807) is 11.8 Å². The van der Waals surface area contributed by atoms with Crippen LogP contribution in [0.5, 0.6) is 0 Å². The summed E-state index contributed by atoms with van der Waals surface area (Å²) in [5.74, 6) is -0.166. The minimum atomic E-state index is -3.59. The van der Waals surface area contributed by atoms with E-state index in [0.29, 0.717) is 25.8 Å². The molecule has 106 valence electrons. The fourth-order valence-electron chi connectivity index (χ4n) is 2.11. The number of methoxy groups -OCH3 is 1. The molecular weight excluding hydrogens is 256 g/mol. The van der Waals surface area contributed by atoms with E-state index in [4.69, 9.17) is 9.88 Å². The summed E-state index contributed by atoms with van der Waals surface area (Å²) in [5, 5.41) is 4.49. The van der Waals surface area contributed by atoms with Crippen molar-refractivity contribution >= 4 is 15.9 Å². The van der Waals surface area contributed by atoms with Gasteiger partial charge in [0.15, 0.2) is 0 Å². The summed E-state index contributed by atoms with van der Waals surface area (Å²) < 4.78 is 28.0. The first-order valence-electron chi connectivity index (χ1n) is 6.10. The Kier molecular flexibility index (Phi) is 4.74. The number of piperidine rings is 1. The predicted molar refractivity (Wildman–Crippen MR) is 68.4 cm³/mol. The Hall–Kier alpha value is -0.660. The van der Waals surface area contributed by atoms with Gasteiger partial charge >= 0.3 is 0 Å². The van der Waals surface area contributed by atoms with Crippen LogP contribution in [0, 0.1) is 0 Å². The maximum atomic E-state index is 12.3. The maximum absolute atomic E-state index is 12.3. The van der Waals surface area contributed by atoms with E-state index in [2.05, 4.69) is 0 Å². The molecule has 0 bridgehead atoms. The van der Waals surface area contributed by atoms with E-state index in [1.807, 2.05) is 6.92 Å². The van der Waals surface area contributed by atoms with Crippen LogP contribution in [0.25, 0.3) is 0 Å². The highest BCUT2D eigenvalue weighted by Crippen LogP contribution is 2.22. The number of ether oxygens (including phenoxy) is 1. The van der Waals surface area contributed by atoms with E-state index < -0.39 is 20.9 Å². The fourth-order valence-corrected chi connectivity index (χ4v) is 2.99. The van der Waals surface area contributed by atoms with Crippen LogP contribution in [0.3, 0.4) is 0 Å². The lowest BCUT2D eigenvalue weighted by molar-refractivity contribution is -0.154. The largest absolute Gasteiger partial charge is 0.369 e. The molecule has 1 fully saturated rings. The van der Waals surface area contributed by atoms with Crippen molar-refractivity contribution in [3.05, 3.63) is 0 Å². The Morgan fingerprint density at radius 3 is 2.61 bits per heavy atom. The predicted octanol–water partition coefficient (Wildman–Crippen LogP) is 0.0810. The number of likely N-dealkylation sites (tertiary alicyclic amines) is 1. The van der Waals surface area contributed by atoms with E-state index in [-0.39, 0.29) is 12.5 Å². The van der Waals surface area contributed by atoms with Gasteiger partial charge in [-0.2, -0.15) is 0 Å². The second-order valence-electron chi connectivity index (χ2n) is 4.89. The Bertz CT molecular complexity index is 403.